The Balaban J connectivity index is 1.48. The smallest absolute Gasteiger partial charge is 0.359 e. The fraction of sp³-hybridized carbons (Fsp3) is 0.154. The lowest BCUT2D eigenvalue weighted by atomic mass is 10.1. The number of carbonyl (C=O) groups is 2. The molecule has 1 heterocycles. The van der Waals surface area contributed by atoms with E-state index in [1.807, 2.05) is 55.5 Å². The first-order valence-electron chi connectivity index (χ1n) is 10.9. The predicted octanol–water partition coefficient (Wildman–Crippen LogP) is 4.75. The molecule has 0 spiro atoms. The number of carbonyl (C=O) groups excluding carboxylic acids is 2. The van der Waals surface area contributed by atoms with Crippen LogP contribution >= 0.6 is 11.8 Å². The van der Waals surface area contributed by atoms with Crippen molar-refractivity contribution in [1.82, 2.24) is 9.78 Å². The Kier molecular flexibility index (Phi) is 7.39. The van der Waals surface area contributed by atoms with Crippen molar-refractivity contribution in [2.45, 2.75) is 29.7 Å². The topological polar surface area (TPSA) is 90.3 Å². The van der Waals surface area contributed by atoms with Crippen LogP contribution in [0.3, 0.4) is 0 Å². The first kappa shape index (κ1) is 23.3. The maximum atomic E-state index is 12.8. The molecule has 1 aromatic heterocycles. The second-order valence-corrected chi connectivity index (χ2v) is 8.57. The van der Waals surface area contributed by atoms with Gasteiger partial charge < -0.3 is 10.1 Å². The Hall–Kier alpha value is -3.91. The molecule has 34 heavy (non-hydrogen) atoms. The van der Waals surface area contributed by atoms with Gasteiger partial charge in [-0.1, -0.05) is 67.2 Å². The average molecular weight is 474 g/mol. The Morgan fingerprint density at radius 1 is 0.941 bits per heavy atom. The molecule has 0 aliphatic carbocycles. The molecular formula is C26H23N3O4S. The van der Waals surface area contributed by atoms with Gasteiger partial charge in [-0.25, -0.2) is 9.48 Å². The molecule has 0 saturated carbocycles. The van der Waals surface area contributed by atoms with Crippen molar-refractivity contribution in [3.8, 4) is 0 Å². The number of hydrogen-bond donors (Lipinski definition) is 1. The van der Waals surface area contributed by atoms with Gasteiger partial charge in [-0.3, -0.25) is 9.59 Å². The summed E-state index contributed by atoms with van der Waals surface area (Å²) in [6, 6.07) is 24.0. The van der Waals surface area contributed by atoms with E-state index in [9.17, 15) is 14.4 Å². The molecule has 0 bridgehead atoms. The number of benzene rings is 3. The molecule has 172 valence electrons. The zero-order chi connectivity index (χ0) is 23.9. The Labute approximate surface area is 200 Å². The summed E-state index contributed by atoms with van der Waals surface area (Å²) < 4.78 is 6.53. The van der Waals surface area contributed by atoms with Gasteiger partial charge in [-0.15, -0.1) is 0 Å². The highest BCUT2D eigenvalue weighted by atomic mass is 32.2. The van der Waals surface area contributed by atoms with E-state index in [2.05, 4.69) is 10.4 Å². The monoisotopic (exact) mass is 473 g/mol. The number of amides is 1. The van der Waals surface area contributed by atoms with Crippen LogP contribution in [0.1, 0.15) is 23.8 Å². The van der Waals surface area contributed by atoms with E-state index in [0.717, 1.165) is 9.79 Å². The minimum absolute atomic E-state index is 0.0106. The second-order valence-electron chi connectivity index (χ2n) is 7.46. The third-order valence-corrected chi connectivity index (χ3v) is 6.05. The number of fused-ring (bicyclic) bond motifs is 1. The summed E-state index contributed by atoms with van der Waals surface area (Å²) in [6.07, 6.45) is 0.683. The van der Waals surface area contributed by atoms with Crippen LogP contribution in [0.25, 0.3) is 10.8 Å². The first-order chi connectivity index (χ1) is 16.6. The van der Waals surface area contributed by atoms with Crippen LogP contribution in [0.15, 0.2) is 93.4 Å². The van der Waals surface area contributed by atoms with Crippen LogP contribution < -0.4 is 10.9 Å². The van der Waals surface area contributed by atoms with Gasteiger partial charge in [0.05, 0.1) is 11.1 Å². The van der Waals surface area contributed by atoms with E-state index in [1.165, 1.54) is 16.4 Å². The number of nitrogens with zero attached hydrogens (tertiary/aromatic N) is 2. The van der Waals surface area contributed by atoms with Crippen LogP contribution in [-0.2, 0) is 16.1 Å². The molecule has 7 nitrogen and oxygen atoms in total. The number of ether oxygens (including phenoxy) is 1. The van der Waals surface area contributed by atoms with E-state index in [1.54, 1.807) is 30.3 Å². The van der Waals surface area contributed by atoms with Gasteiger partial charge in [-0.2, -0.15) is 5.10 Å². The van der Waals surface area contributed by atoms with Gasteiger partial charge in [0.1, 0.15) is 0 Å². The summed E-state index contributed by atoms with van der Waals surface area (Å²) in [6.45, 7) is 1.81. The van der Waals surface area contributed by atoms with Gasteiger partial charge in [0.15, 0.2) is 12.3 Å². The molecule has 3 aromatic carbocycles. The predicted molar refractivity (Wildman–Crippen MR) is 132 cm³/mol. The van der Waals surface area contributed by atoms with E-state index in [-0.39, 0.29) is 11.3 Å². The van der Waals surface area contributed by atoms with Gasteiger partial charge in [0.25, 0.3) is 11.5 Å². The number of aromatic nitrogens is 2. The van der Waals surface area contributed by atoms with Crippen molar-refractivity contribution in [1.29, 1.82) is 0 Å². The molecule has 0 saturated heterocycles. The molecule has 8 heteroatoms. The van der Waals surface area contributed by atoms with Crippen LogP contribution in [0.2, 0.25) is 0 Å². The molecule has 1 amide bonds. The van der Waals surface area contributed by atoms with Crippen molar-refractivity contribution in [2.75, 3.05) is 11.9 Å². The van der Waals surface area contributed by atoms with Gasteiger partial charge in [0, 0.05) is 21.7 Å². The molecule has 0 unspecified atom stereocenters. The highest BCUT2D eigenvalue weighted by molar-refractivity contribution is 7.99. The molecule has 0 fully saturated rings. The first-order valence-corrected chi connectivity index (χ1v) is 11.7. The molecule has 0 aliphatic heterocycles. The molecule has 4 rings (SSSR count). The van der Waals surface area contributed by atoms with Gasteiger partial charge in [-0.05, 0) is 36.8 Å². The molecule has 1 N–H and O–H groups in total. The minimum atomic E-state index is -0.761. The SMILES string of the molecule is CCCn1nc(C(=O)OCC(=O)Nc2ccccc2Sc2ccccc2)c2ccccc2c1=O. The molecular weight excluding hydrogens is 450 g/mol. The van der Waals surface area contributed by atoms with Crippen molar-refractivity contribution < 1.29 is 14.3 Å². The number of esters is 1. The van der Waals surface area contributed by atoms with Crippen molar-refractivity contribution in [2.24, 2.45) is 0 Å². The summed E-state index contributed by atoms with van der Waals surface area (Å²) in [5.41, 5.74) is 0.369. The van der Waals surface area contributed by atoms with Crippen LogP contribution in [0.4, 0.5) is 5.69 Å². The van der Waals surface area contributed by atoms with Crippen LogP contribution in [0.5, 0.6) is 0 Å². The molecule has 4 aromatic rings. The van der Waals surface area contributed by atoms with Crippen LogP contribution in [-0.4, -0.2) is 28.3 Å². The maximum absolute atomic E-state index is 12.8. The lowest BCUT2D eigenvalue weighted by Crippen LogP contribution is -2.27. The number of anilines is 1. The Morgan fingerprint density at radius 3 is 2.38 bits per heavy atom. The van der Waals surface area contributed by atoms with Crippen molar-refractivity contribution in [3.63, 3.8) is 0 Å². The zero-order valence-electron chi connectivity index (χ0n) is 18.6. The van der Waals surface area contributed by atoms with Crippen molar-refractivity contribution >= 4 is 40.1 Å². The van der Waals surface area contributed by atoms with Gasteiger partial charge >= 0.3 is 5.97 Å². The Bertz CT molecular complexity index is 1390. The second kappa shape index (κ2) is 10.8. The third kappa shape index (κ3) is 5.35. The number of rotatable bonds is 8. The highest BCUT2D eigenvalue weighted by Crippen LogP contribution is 2.33. The zero-order valence-corrected chi connectivity index (χ0v) is 19.4. The fourth-order valence-electron chi connectivity index (χ4n) is 3.41. The number of nitrogens with one attached hydrogen (secondary N) is 1. The lowest BCUT2D eigenvalue weighted by Gasteiger charge is -2.12. The number of aryl methyl sites for hydroxylation is 1. The largest absolute Gasteiger partial charge is 0.451 e. The summed E-state index contributed by atoms with van der Waals surface area (Å²) in [7, 11) is 0. The summed E-state index contributed by atoms with van der Waals surface area (Å²) in [5, 5.41) is 7.79. The maximum Gasteiger partial charge on any atom is 0.359 e. The minimum Gasteiger partial charge on any atom is -0.451 e. The standard InChI is InChI=1S/C26H23N3O4S/c1-2-16-29-25(31)20-13-7-6-12-19(20)24(28-29)26(32)33-17-23(30)27-21-14-8-9-15-22(21)34-18-10-4-3-5-11-18/h3-15H,2,16-17H2,1H3,(H,27,30). The lowest BCUT2D eigenvalue weighted by molar-refractivity contribution is -0.119. The van der Waals surface area contributed by atoms with Crippen molar-refractivity contribution in [3.05, 3.63) is 94.9 Å². The molecule has 0 aliphatic rings. The molecule has 0 radical (unpaired) electrons. The summed E-state index contributed by atoms with van der Waals surface area (Å²) in [5.74, 6) is -1.23. The van der Waals surface area contributed by atoms with E-state index < -0.39 is 18.5 Å². The van der Waals surface area contributed by atoms with E-state index >= 15 is 0 Å². The summed E-state index contributed by atoms with van der Waals surface area (Å²) >= 11 is 1.52. The fourth-order valence-corrected chi connectivity index (χ4v) is 4.33. The third-order valence-electron chi connectivity index (χ3n) is 4.96. The van der Waals surface area contributed by atoms with E-state index in [4.69, 9.17) is 4.74 Å². The summed E-state index contributed by atoms with van der Waals surface area (Å²) in [4.78, 5) is 39.9. The highest BCUT2D eigenvalue weighted by Gasteiger charge is 2.19. The quantitative estimate of drug-likeness (QED) is 0.371. The number of hydrogen-bond acceptors (Lipinski definition) is 6. The molecule has 0 atom stereocenters. The Morgan fingerprint density at radius 2 is 1.62 bits per heavy atom. The van der Waals surface area contributed by atoms with E-state index in [0.29, 0.717) is 29.4 Å². The van der Waals surface area contributed by atoms with Crippen LogP contribution in [0, 0.1) is 0 Å². The average Bonchev–Trinajstić information content (AvgIpc) is 2.86. The normalized spacial score (nSPS) is 10.7. The number of para-hydroxylation sites is 1. The van der Waals surface area contributed by atoms with Gasteiger partial charge in [0.2, 0.25) is 0 Å².